The van der Waals surface area contributed by atoms with Gasteiger partial charge < -0.3 is 19.6 Å². The molecule has 8 heteroatoms. The fourth-order valence-corrected chi connectivity index (χ4v) is 4.23. The number of piperazine rings is 1. The van der Waals surface area contributed by atoms with Crippen molar-refractivity contribution in [3.05, 3.63) is 47.3 Å². The molecule has 1 unspecified atom stereocenters. The highest BCUT2D eigenvalue weighted by molar-refractivity contribution is 5.96. The van der Waals surface area contributed by atoms with Crippen molar-refractivity contribution in [1.82, 2.24) is 20.3 Å². The third-order valence-electron chi connectivity index (χ3n) is 6.21. The molecule has 3 heterocycles. The number of hydrogen-bond acceptors (Lipinski definition) is 6. The molecular formula is C23H31N5O3. The minimum atomic E-state index is -0.395. The van der Waals surface area contributed by atoms with Crippen molar-refractivity contribution in [3.8, 4) is 0 Å². The fourth-order valence-electron chi connectivity index (χ4n) is 4.23. The standard InChI is InChI=1S/C23H31N5O3/c1-3-18-14-20(31-25-18)15-24-22(29)21-16-28(12-11-26(21)2)23(30)17-7-6-8-19(13-17)27-9-4-5-10-27/h6-8,13-14,21H,3-5,9-12,15-16H2,1-2H3,(H,24,29). The van der Waals surface area contributed by atoms with E-state index in [1.165, 1.54) is 12.8 Å². The van der Waals surface area contributed by atoms with E-state index in [1.807, 2.05) is 43.1 Å². The van der Waals surface area contributed by atoms with Gasteiger partial charge in [0.05, 0.1) is 12.2 Å². The zero-order chi connectivity index (χ0) is 21.8. The molecule has 1 atom stereocenters. The maximum absolute atomic E-state index is 13.2. The summed E-state index contributed by atoms with van der Waals surface area (Å²) in [7, 11) is 1.92. The van der Waals surface area contributed by atoms with Gasteiger partial charge in [0.1, 0.15) is 6.04 Å². The maximum atomic E-state index is 13.2. The third kappa shape index (κ3) is 4.90. The lowest BCUT2D eigenvalue weighted by Crippen LogP contribution is -2.58. The second kappa shape index (κ2) is 9.51. The van der Waals surface area contributed by atoms with Crippen molar-refractivity contribution < 1.29 is 14.1 Å². The molecule has 4 rings (SSSR count). The van der Waals surface area contributed by atoms with E-state index in [1.54, 1.807) is 4.90 Å². The Balaban J connectivity index is 1.39. The number of amides is 2. The Hall–Kier alpha value is -2.87. The van der Waals surface area contributed by atoms with Crippen molar-refractivity contribution in [2.45, 2.75) is 38.8 Å². The summed E-state index contributed by atoms with van der Waals surface area (Å²) in [5, 5.41) is 6.87. The van der Waals surface area contributed by atoms with Gasteiger partial charge >= 0.3 is 0 Å². The van der Waals surface area contributed by atoms with Crippen LogP contribution in [0.5, 0.6) is 0 Å². The Bertz CT molecular complexity index is 921. The summed E-state index contributed by atoms with van der Waals surface area (Å²) in [6, 6.07) is 9.32. The van der Waals surface area contributed by atoms with Crippen LogP contribution in [-0.2, 0) is 17.8 Å². The van der Waals surface area contributed by atoms with E-state index >= 15 is 0 Å². The molecule has 1 aromatic heterocycles. The summed E-state index contributed by atoms with van der Waals surface area (Å²) in [4.78, 5) is 32.1. The highest BCUT2D eigenvalue weighted by atomic mass is 16.5. The zero-order valence-electron chi connectivity index (χ0n) is 18.3. The van der Waals surface area contributed by atoms with Crippen LogP contribution in [0.25, 0.3) is 0 Å². The van der Waals surface area contributed by atoms with E-state index < -0.39 is 6.04 Å². The first-order valence-corrected chi connectivity index (χ1v) is 11.1. The van der Waals surface area contributed by atoms with Crippen molar-refractivity contribution in [2.75, 3.05) is 44.7 Å². The summed E-state index contributed by atoms with van der Waals surface area (Å²) in [5.41, 5.74) is 2.65. The maximum Gasteiger partial charge on any atom is 0.254 e. The largest absolute Gasteiger partial charge is 0.372 e. The minimum absolute atomic E-state index is 0.0187. The monoisotopic (exact) mass is 425 g/mol. The first kappa shape index (κ1) is 21.4. The molecule has 1 aromatic carbocycles. The number of carbonyl (C=O) groups excluding carboxylic acids is 2. The highest BCUT2D eigenvalue weighted by Crippen LogP contribution is 2.22. The van der Waals surface area contributed by atoms with Gasteiger partial charge in [-0.05, 0) is 44.5 Å². The van der Waals surface area contributed by atoms with Crippen LogP contribution in [0.4, 0.5) is 5.69 Å². The number of likely N-dealkylation sites (N-methyl/N-ethyl adjacent to an activating group) is 1. The number of benzene rings is 1. The summed E-state index contributed by atoms with van der Waals surface area (Å²) >= 11 is 0. The third-order valence-corrected chi connectivity index (χ3v) is 6.21. The molecule has 0 radical (unpaired) electrons. The van der Waals surface area contributed by atoms with Crippen molar-refractivity contribution >= 4 is 17.5 Å². The number of anilines is 1. The molecule has 0 saturated carbocycles. The second-order valence-electron chi connectivity index (χ2n) is 8.35. The molecule has 2 aromatic rings. The number of hydrogen-bond donors (Lipinski definition) is 1. The summed E-state index contributed by atoms with van der Waals surface area (Å²) in [6.45, 7) is 6.00. The van der Waals surface area contributed by atoms with Crippen LogP contribution in [0.3, 0.4) is 0 Å². The van der Waals surface area contributed by atoms with Crippen LogP contribution in [0, 0.1) is 0 Å². The van der Waals surface area contributed by atoms with Crippen LogP contribution in [-0.4, -0.2) is 72.6 Å². The predicted molar refractivity (Wildman–Crippen MR) is 118 cm³/mol. The van der Waals surface area contributed by atoms with Gasteiger partial charge in [-0.25, -0.2) is 0 Å². The van der Waals surface area contributed by atoms with Gasteiger partial charge in [-0.1, -0.05) is 18.1 Å². The van der Waals surface area contributed by atoms with Crippen LogP contribution in [0.2, 0.25) is 0 Å². The number of aryl methyl sites for hydroxylation is 1. The van der Waals surface area contributed by atoms with E-state index in [-0.39, 0.29) is 11.8 Å². The predicted octanol–water partition coefficient (Wildman–Crippen LogP) is 1.91. The van der Waals surface area contributed by atoms with Crippen LogP contribution < -0.4 is 10.2 Å². The lowest BCUT2D eigenvalue weighted by atomic mass is 10.1. The van der Waals surface area contributed by atoms with E-state index in [4.69, 9.17) is 4.52 Å². The average Bonchev–Trinajstić information content (AvgIpc) is 3.49. The molecular weight excluding hydrogens is 394 g/mol. The Kier molecular flexibility index (Phi) is 6.56. The smallest absolute Gasteiger partial charge is 0.254 e. The van der Waals surface area contributed by atoms with E-state index in [9.17, 15) is 9.59 Å². The SMILES string of the molecule is CCc1cc(CNC(=O)C2CN(C(=O)c3cccc(N4CCCC4)c3)CCN2C)on1. The van der Waals surface area contributed by atoms with Crippen LogP contribution in [0.1, 0.15) is 41.6 Å². The van der Waals surface area contributed by atoms with Gasteiger partial charge in [0.15, 0.2) is 5.76 Å². The van der Waals surface area contributed by atoms with E-state index in [0.29, 0.717) is 37.5 Å². The first-order chi connectivity index (χ1) is 15.0. The molecule has 1 N–H and O–H groups in total. The minimum Gasteiger partial charge on any atom is -0.372 e. The van der Waals surface area contributed by atoms with E-state index in [0.717, 1.165) is 30.9 Å². The van der Waals surface area contributed by atoms with Gasteiger partial charge in [-0.3, -0.25) is 14.5 Å². The molecule has 2 aliphatic heterocycles. The molecule has 2 saturated heterocycles. The van der Waals surface area contributed by atoms with Crippen molar-refractivity contribution in [1.29, 1.82) is 0 Å². The number of aromatic nitrogens is 1. The summed E-state index contributed by atoms with van der Waals surface area (Å²) < 4.78 is 5.24. The van der Waals surface area contributed by atoms with Gasteiger partial charge in [0, 0.05) is 50.0 Å². The molecule has 0 spiro atoms. The summed E-state index contributed by atoms with van der Waals surface area (Å²) in [6.07, 6.45) is 3.18. The molecule has 166 valence electrons. The molecule has 2 aliphatic rings. The lowest BCUT2D eigenvalue weighted by molar-refractivity contribution is -0.127. The number of rotatable bonds is 6. The molecule has 2 fully saturated rings. The lowest BCUT2D eigenvalue weighted by Gasteiger charge is -2.38. The Morgan fingerprint density at radius 3 is 2.71 bits per heavy atom. The Morgan fingerprint density at radius 2 is 1.97 bits per heavy atom. The molecule has 8 nitrogen and oxygen atoms in total. The van der Waals surface area contributed by atoms with Crippen LogP contribution in [0.15, 0.2) is 34.9 Å². The van der Waals surface area contributed by atoms with Gasteiger partial charge in [0.2, 0.25) is 5.91 Å². The van der Waals surface area contributed by atoms with Crippen molar-refractivity contribution in [2.24, 2.45) is 0 Å². The molecule has 2 amide bonds. The summed E-state index contributed by atoms with van der Waals surface area (Å²) in [5.74, 6) is 0.505. The number of nitrogens with one attached hydrogen (secondary N) is 1. The van der Waals surface area contributed by atoms with Crippen LogP contribution >= 0.6 is 0 Å². The quantitative estimate of drug-likeness (QED) is 0.761. The average molecular weight is 426 g/mol. The number of carbonyl (C=O) groups is 2. The van der Waals surface area contributed by atoms with E-state index in [2.05, 4.69) is 21.4 Å². The molecule has 0 bridgehead atoms. The molecule has 0 aliphatic carbocycles. The van der Waals surface area contributed by atoms with Gasteiger partial charge in [-0.2, -0.15) is 0 Å². The Morgan fingerprint density at radius 1 is 1.16 bits per heavy atom. The highest BCUT2D eigenvalue weighted by Gasteiger charge is 2.32. The second-order valence-corrected chi connectivity index (χ2v) is 8.35. The Labute approximate surface area is 183 Å². The van der Waals surface area contributed by atoms with Gasteiger partial charge in [-0.15, -0.1) is 0 Å². The number of nitrogens with zero attached hydrogens (tertiary/aromatic N) is 4. The molecule has 31 heavy (non-hydrogen) atoms. The fraction of sp³-hybridized carbons (Fsp3) is 0.522. The van der Waals surface area contributed by atoms with Gasteiger partial charge in [0.25, 0.3) is 5.91 Å². The first-order valence-electron chi connectivity index (χ1n) is 11.1. The normalized spacial score (nSPS) is 19.6. The topological polar surface area (TPSA) is 81.9 Å². The zero-order valence-corrected chi connectivity index (χ0v) is 18.3. The van der Waals surface area contributed by atoms with Crippen molar-refractivity contribution in [3.63, 3.8) is 0 Å².